The van der Waals surface area contributed by atoms with E-state index >= 15 is 0 Å². The molecule has 2 amide bonds. The zero-order chi connectivity index (χ0) is 17.7. The van der Waals surface area contributed by atoms with Gasteiger partial charge in [-0.15, -0.1) is 0 Å². The van der Waals surface area contributed by atoms with Crippen LogP contribution in [0.5, 0.6) is 5.75 Å². The minimum Gasteiger partial charge on any atom is -0.492 e. The van der Waals surface area contributed by atoms with Crippen LogP contribution in [0.4, 0.5) is 0 Å². The molecule has 0 aromatic heterocycles. The average Bonchev–Trinajstić information content (AvgIpc) is 2.59. The van der Waals surface area contributed by atoms with Crippen LogP contribution in [0, 0.1) is 11.8 Å². The van der Waals surface area contributed by atoms with E-state index in [0.717, 1.165) is 4.47 Å². The average molecular weight is 398 g/mol. The summed E-state index contributed by atoms with van der Waals surface area (Å²) in [5, 5.41) is 0. The third kappa shape index (κ3) is 4.70. The minimum absolute atomic E-state index is 0.0679. The highest BCUT2D eigenvalue weighted by Crippen LogP contribution is 2.27. The van der Waals surface area contributed by atoms with Crippen molar-refractivity contribution in [1.29, 1.82) is 0 Å². The van der Waals surface area contributed by atoms with E-state index in [1.165, 1.54) is 0 Å². The Hall–Kier alpha value is -1.60. The van der Waals surface area contributed by atoms with Crippen molar-refractivity contribution >= 4 is 27.7 Å². The van der Waals surface area contributed by atoms with E-state index in [1.807, 2.05) is 12.1 Å². The minimum atomic E-state index is -0.162. The van der Waals surface area contributed by atoms with Gasteiger partial charge in [0.05, 0.1) is 12.2 Å². The number of hydrazine groups is 1. The molecule has 0 unspecified atom stereocenters. The van der Waals surface area contributed by atoms with Gasteiger partial charge in [-0.05, 0) is 37.0 Å². The normalized spacial score (nSPS) is 15.5. The highest BCUT2D eigenvalue weighted by Gasteiger charge is 2.28. The molecule has 7 heteroatoms. The molecule has 2 rings (SSSR count). The van der Waals surface area contributed by atoms with Gasteiger partial charge in [0.25, 0.3) is 5.91 Å². The molecule has 1 saturated heterocycles. The van der Waals surface area contributed by atoms with Gasteiger partial charge >= 0.3 is 0 Å². The number of likely N-dealkylation sites (tertiary alicyclic amines) is 1. The number of ether oxygens (including phenoxy) is 1. The molecule has 0 atom stereocenters. The predicted octanol–water partition coefficient (Wildman–Crippen LogP) is 2.33. The summed E-state index contributed by atoms with van der Waals surface area (Å²) in [6, 6.07) is 5.47. The maximum atomic E-state index is 12.9. The molecule has 3 N–H and O–H groups in total. The van der Waals surface area contributed by atoms with Crippen LogP contribution in [0.2, 0.25) is 0 Å². The summed E-state index contributed by atoms with van der Waals surface area (Å²) in [6.07, 6.45) is 1.23. The van der Waals surface area contributed by atoms with Gasteiger partial charge < -0.3 is 9.64 Å². The first-order valence-electron chi connectivity index (χ1n) is 8.14. The topological polar surface area (TPSA) is 84.7 Å². The second kappa shape index (κ2) is 8.48. The van der Waals surface area contributed by atoms with E-state index in [9.17, 15) is 9.59 Å². The van der Waals surface area contributed by atoms with Crippen LogP contribution < -0.4 is 16.0 Å². The molecule has 1 aromatic rings. The number of hydrogen-bond donors (Lipinski definition) is 2. The van der Waals surface area contributed by atoms with Crippen LogP contribution >= 0.6 is 15.9 Å². The Morgan fingerprint density at radius 1 is 1.38 bits per heavy atom. The number of nitrogens with two attached hydrogens (primary N) is 1. The largest absolute Gasteiger partial charge is 0.492 e. The molecule has 0 saturated carbocycles. The second-order valence-electron chi connectivity index (χ2n) is 6.42. The van der Waals surface area contributed by atoms with E-state index < -0.39 is 0 Å². The lowest BCUT2D eigenvalue weighted by Gasteiger charge is -2.31. The van der Waals surface area contributed by atoms with Gasteiger partial charge in [0.1, 0.15) is 5.75 Å². The monoisotopic (exact) mass is 397 g/mol. The van der Waals surface area contributed by atoms with Crippen LogP contribution in [-0.4, -0.2) is 36.4 Å². The van der Waals surface area contributed by atoms with Gasteiger partial charge in [0, 0.05) is 23.5 Å². The number of rotatable bonds is 5. The van der Waals surface area contributed by atoms with Crippen LogP contribution in [0.15, 0.2) is 22.7 Å². The summed E-state index contributed by atoms with van der Waals surface area (Å²) in [5.41, 5.74) is 2.73. The SMILES string of the molecule is CC(C)COc1ccc(Br)cc1C(=O)N1CCC(C(=O)NN)CC1. The Labute approximate surface area is 150 Å². The summed E-state index contributed by atoms with van der Waals surface area (Å²) in [6.45, 7) is 5.75. The van der Waals surface area contributed by atoms with Crippen molar-refractivity contribution in [1.82, 2.24) is 10.3 Å². The number of carbonyl (C=O) groups is 2. The first kappa shape index (κ1) is 18.7. The predicted molar refractivity (Wildman–Crippen MR) is 95.4 cm³/mol. The molecule has 1 aliphatic rings. The van der Waals surface area contributed by atoms with Crippen molar-refractivity contribution in [3.05, 3.63) is 28.2 Å². The van der Waals surface area contributed by atoms with Gasteiger partial charge in [-0.2, -0.15) is 0 Å². The molecule has 1 aliphatic heterocycles. The van der Waals surface area contributed by atoms with Gasteiger partial charge in [-0.3, -0.25) is 15.0 Å². The highest BCUT2D eigenvalue weighted by molar-refractivity contribution is 9.10. The molecule has 0 aliphatic carbocycles. The third-order valence-electron chi connectivity index (χ3n) is 4.04. The molecule has 1 heterocycles. The molecule has 132 valence electrons. The molecule has 6 nitrogen and oxygen atoms in total. The zero-order valence-corrected chi connectivity index (χ0v) is 15.6. The summed E-state index contributed by atoms with van der Waals surface area (Å²) < 4.78 is 6.63. The standard InChI is InChI=1S/C17H24BrN3O3/c1-11(2)10-24-15-4-3-13(18)9-14(15)17(23)21-7-5-12(6-8-21)16(22)20-19/h3-4,9,11-12H,5-8,10,19H2,1-2H3,(H,20,22). The van der Waals surface area contributed by atoms with E-state index in [0.29, 0.717) is 49.8 Å². The van der Waals surface area contributed by atoms with Crippen molar-refractivity contribution < 1.29 is 14.3 Å². The molecular weight excluding hydrogens is 374 g/mol. The van der Waals surface area contributed by atoms with Gasteiger partial charge in [0.15, 0.2) is 0 Å². The molecule has 0 radical (unpaired) electrons. The van der Waals surface area contributed by atoms with E-state index in [-0.39, 0.29) is 17.7 Å². The fraction of sp³-hybridized carbons (Fsp3) is 0.529. The van der Waals surface area contributed by atoms with Crippen LogP contribution in [-0.2, 0) is 4.79 Å². The van der Waals surface area contributed by atoms with Crippen molar-refractivity contribution in [3.63, 3.8) is 0 Å². The lowest BCUT2D eigenvalue weighted by molar-refractivity contribution is -0.126. The lowest BCUT2D eigenvalue weighted by Crippen LogP contribution is -2.44. The number of hydrogen-bond acceptors (Lipinski definition) is 4. The number of amides is 2. The fourth-order valence-corrected chi connectivity index (χ4v) is 3.05. The molecule has 24 heavy (non-hydrogen) atoms. The number of halogens is 1. The second-order valence-corrected chi connectivity index (χ2v) is 7.34. The Morgan fingerprint density at radius 3 is 2.62 bits per heavy atom. The Bertz CT molecular complexity index is 599. The van der Waals surface area contributed by atoms with Crippen molar-refractivity contribution in [2.75, 3.05) is 19.7 Å². The zero-order valence-electron chi connectivity index (χ0n) is 14.0. The van der Waals surface area contributed by atoms with Crippen molar-refractivity contribution in [2.45, 2.75) is 26.7 Å². The molecule has 1 aromatic carbocycles. The number of nitrogens with one attached hydrogen (secondary N) is 1. The van der Waals surface area contributed by atoms with Crippen LogP contribution in [0.1, 0.15) is 37.0 Å². The highest BCUT2D eigenvalue weighted by atomic mass is 79.9. The Morgan fingerprint density at radius 2 is 2.04 bits per heavy atom. The lowest BCUT2D eigenvalue weighted by atomic mass is 9.95. The van der Waals surface area contributed by atoms with E-state index in [1.54, 1.807) is 11.0 Å². The molecule has 1 fully saturated rings. The number of benzene rings is 1. The molecule has 0 spiro atoms. The fourth-order valence-electron chi connectivity index (χ4n) is 2.68. The first-order chi connectivity index (χ1) is 11.4. The molecular formula is C17H24BrN3O3. The maximum absolute atomic E-state index is 12.9. The number of carbonyl (C=O) groups excluding carboxylic acids is 2. The molecule has 0 bridgehead atoms. The number of nitrogens with zero attached hydrogens (tertiary/aromatic N) is 1. The van der Waals surface area contributed by atoms with Gasteiger partial charge in [-0.25, -0.2) is 5.84 Å². The summed E-state index contributed by atoms with van der Waals surface area (Å²) in [4.78, 5) is 26.2. The smallest absolute Gasteiger partial charge is 0.257 e. The summed E-state index contributed by atoms with van der Waals surface area (Å²) in [5.74, 6) is 5.80. The quantitative estimate of drug-likeness (QED) is 0.453. The van der Waals surface area contributed by atoms with Gasteiger partial charge in [-0.1, -0.05) is 29.8 Å². The van der Waals surface area contributed by atoms with E-state index in [2.05, 4.69) is 35.2 Å². The first-order valence-corrected chi connectivity index (χ1v) is 8.93. The maximum Gasteiger partial charge on any atom is 0.257 e. The van der Waals surface area contributed by atoms with Gasteiger partial charge in [0.2, 0.25) is 5.91 Å². The van der Waals surface area contributed by atoms with E-state index in [4.69, 9.17) is 10.6 Å². The van der Waals surface area contributed by atoms with Crippen LogP contribution in [0.3, 0.4) is 0 Å². The summed E-state index contributed by atoms with van der Waals surface area (Å²) in [7, 11) is 0. The third-order valence-corrected chi connectivity index (χ3v) is 4.53. The number of piperidine rings is 1. The van der Waals surface area contributed by atoms with Crippen molar-refractivity contribution in [2.24, 2.45) is 17.7 Å². The van der Waals surface area contributed by atoms with Crippen molar-refractivity contribution in [3.8, 4) is 5.75 Å². The van der Waals surface area contributed by atoms with Crippen LogP contribution in [0.25, 0.3) is 0 Å². The Kier molecular flexibility index (Phi) is 6.62. The summed E-state index contributed by atoms with van der Waals surface area (Å²) >= 11 is 3.41. The Balaban J connectivity index is 2.09.